The number of sulfonamides is 1. The van der Waals surface area contributed by atoms with Crippen molar-refractivity contribution < 1.29 is 27.4 Å². The molecule has 0 atom stereocenters. The van der Waals surface area contributed by atoms with Crippen LogP contribution in [0.5, 0.6) is 23.0 Å². The number of rotatable bonds is 12. The number of benzene rings is 3. The van der Waals surface area contributed by atoms with Crippen molar-refractivity contribution in [2.24, 2.45) is 0 Å². The predicted octanol–water partition coefficient (Wildman–Crippen LogP) is 7.75. The summed E-state index contributed by atoms with van der Waals surface area (Å²) in [6.07, 6.45) is 0. The Morgan fingerprint density at radius 1 is 0.860 bits per heavy atom. The number of carbonyl (C=O) groups excluding carboxylic acids is 1. The van der Waals surface area contributed by atoms with Crippen LogP contribution >= 0.6 is 34.5 Å². The van der Waals surface area contributed by atoms with Crippen LogP contribution in [0.15, 0.2) is 70.3 Å². The smallest absolute Gasteiger partial charge is 0.319 e. The number of nitrogens with one attached hydrogen (secondary N) is 3. The second-order valence-corrected chi connectivity index (χ2v) is 13.3. The zero-order chi connectivity index (χ0) is 31.1. The van der Waals surface area contributed by atoms with Crippen LogP contribution < -0.4 is 29.6 Å². The molecular formula is C30H31Cl2N3O6S2. The summed E-state index contributed by atoms with van der Waals surface area (Å²) in [7, 11) is -0.846. The van der Waals surface area contributed by atoms with Gasteiger partial charge in [0.2, 0.25) is 0 Å². The topological polar surface area (TPSA) is 115 Å². The molecule has 4 aromatic rings. The molecule has 0 spiro atoms. The highest BCUT2D eigenvalue weighted by atomic mass is 35.5. The van der Waals surface area contributed by atoms with Gasteiger partial charge in [0.25, 0.3) is 10.0 Å². The van der Waals surface area contributed by atoms with E-state index in [0.29, 0.717) is 49.9 Å². The Balaban J connectivity index is 1.51. The summed E-state index contributed by atoms with van der Waals surface area (Å²) in [5, 5.41) is 7.68. The molecule has 4 rings (SSSR count). The second kappa shape index (κ2) is 14.3. The zero-order valence-electron chi connectivity index (χ0n) is 23.9. The van der Waals surface area contributed by atoms with E-state index < -0.39 is 16.1 Å². The second-order valence-electron chi connectivity index (χ2n) is 9.59. The maximum absolute atomic E-state index is 13.4. The Morgan fingerprint density at radius 3 is 2.23 bits per heavy atom. The minimum absolute atomic E-state index is 0.0373. The number of amides is 2. The van der Waals surface area contributed by atoms with E-state index in [1.807, 2.05) is 18.2 Å². The van der Waals surface area contributed by atoms with Crippen LogP contribution in [0.3, 0.4) is 0 Å². The van der Waals surface area contributed by atoms with Crippen molar-refractivity contribution in [3.63, 3.8) is 0 Å². The molecule has 0 saturated heterocycles. The summed E-state index contributed by atoms with van der Waals surface area (Å²) in [6, 6.07) is 16.8. The minimum Gasteiger partial charge on any atom is -0.493 e. The standard InChI is InChI=1S/C30H31Cl2N3O6S2/c1-18(2)19-5-7-26(41-23-6-8-27(39-3)28(17-23)40-4)25(13-19)24-9-12-42-29(24)43(37,38)34-11-10-33-30(36)35-22-15-20(31)14-21(32)16-22/h5-9,12-18,34H,10-11H2,1-4H3,(H2,33,35,36). The minimum atomic E-state index is -3.94. The van der Waals surface area contributed by atoms with E-state index in [4.69, 9.17) is 37.4 Å². The largest absolute Gasteiger partial charge is 0.493 e. The van der Waals surface area contributed by atoms with Gasteiger partial charge in [-0.1, -0.05) is 43.1 Å². The lowest BCUT2D eigenvalue weighted by Gasteiger charge is -2.16. The van der Waals surface area contributed by atoms with Crippen molar-refractivity contribution >= 4 is 56.3 Å². The van der Waals surface area contributed by atoms with Crippen molar-refractivity contribution in [2.75, 3.05) is 32.6 Å². The summed E-state index contributed by atoms with van der Waals surface area (Å²) in [5.74, 6) is 2.24. The first-order chi connectivity index (χ1) is 20.5. The Bertz CT molecular complexity index is 1690. The number of urea groups is 1. The van der Waals surface area contributed by atoms with Crippen LogP contribution in [0.1, 0.15) is 25.3 Å². The number of ether oxygens (including phenoxy) is 3. The highest BCUT2D eigenvalue weighted by molar-refractivity contribution is 7.91. The monoisotopic (exact) mass is 663 g/mol. The van der Waals surface area contributed by atoms with Gasteiger partial charge in [0.1, 0.15) is 15.7 Å². The summed E-state index contributed by atoms with van der Waals surface area (Å²) in [4.78, 5) is 12.3. The van der Waals surface area contributed by atoms with Gasteiger partial charge in [0, 0.05) is 46.0 Å². The Kier molecular flexibility index (Phi) is 10.8. The third kappa shape index (κ3) is 8.33. The first kappa shape index (κ1) is 32.4. The van der Waals surface area contributed by atoms with Crippen molar-refractivity contribution in [3.8, 4) is 34.1 Å². The number of methoxy groups -OCH3 is 2. The molecule has 0 fully saturated rings. The zero-order valence-corrected chi connectivity index (χ0v) is 27.0. The molecule has 0 bridgehead atoms. The molecule has 0 radical (unpaired) electrons. The molecule has 3 N–H and O–H groups in total. The van der Waals surface area contributed by atoms with Crippen LogP contribution in [0.4, 0.5) is 10.5 Å². The maximum atomic E-state index is 13.4. The molecule has 43 heavy (non-hydrogen) atoms. The van der Waals surface area contributed by atoms with Crippen LogP contribution in [0.25, 0.3) is 11.1 Å². The molecule has 9 nitrogen and oxygen atoms in total. The first-order valence-electron chi connectivity index (χ1n) is 13.1. The molecule has 0 aliphatic carbocycles. The lowest BCUT2D eigenvalue weighted by atomic mass is 9.98. The number of hydrogen-bond acceptors (Lipinski definition) is 7. The van der Waals surface area contributed by atoms with Crippen molar-refractivity contribution in [1.29, 1.82) is 0 Å². The predicted molar refractivity (Wildman–Crippen MR) is 172 cm³/mol. The number of thiophene rings is 1. The molecule has 228 valence electrons. The molecule has 0 unspecified atom stereocenters. The fourth-order valence-electron chi connectivity index (χ4n) is 4.14. The SMILES string of the molecule is COc1ccc(Oc2ccc(C(C)C)cc2-c2ccsc2S(=O)(=O)NCCNC(=O)Nc2cc(Cl)cc(Cl)c2)cc1OC. The van der Waals surface area contributed by atoms with Gasteiger partial charge in [-0.2, -0.15) is 0 Å². The fourth-order valence-corrected chi connectivity index (χ4v) is 7.12. The summed E-state index contributed by atoms with van der Waals surface area (Å²) in [6.45, 7) is 4.12. The Morgan fingerprint density at radius 2 is 1.56 bits per heavy atom. The highest BCUT2D eigenvalue weighted by Gasteiger charge is 2.24. The Hall–Kier alpha value is -3.48. The number of halogens is 2. The van der Waals surface area contributed by atoms with Crippen molar-refractivity contribution in [2.45, 2.75) is 24.0 Å². The van der Waals surface area contributed by atoms with E-state index in [9.17, 15) is 13.2 Å². The van der Waals surface area contributed by atoms with E-state index in [1.54, 1.807) is 55.0 Å². The number of hydrogen-bond donors (Lipinski definition) is 3. The van der Waals surface area contributed by atoms with E-state index in [0.717, 1.165) is 16.9 Å². The normalized spacial score (nSPS) is 11.3. The quantitative estimate of drug-likeness (QED) is 0.134. The number of anilines is 1. The first-order valence-corrected chi connectivity index (χ1v) is 16.2. The molecule has 1 heterocycles. The fraction of sp³-hybridized carbons (Fsp3) is 0.233. The lowest BCUT2D eigenvalue weighted by Crippen LogP contribution is -2.36. The van der Waals surface area contributed by atoms with Gasteiger partial charge < -0.3 is 24.8 Å². The van der Waals surface area contributed by atoms with E-state index >= 15 is 0 Å². The summed E-state index contributed by atoms with van der Waals surface area (Å²) >= 11 is 13.0. The van der Waals surface area contributed by atoms with Crippen LogP contribution in [-0.4, -0.2) is 41.8 Å². The lowest BCUT2D eigenvalue weighted by molar-refractivity contribution is 0.252. The van der Waals surface area contributed by atoms with Crippen LogP contribution in [-0.2, 0) is 10.0 Å². The van der Waals surface area contributed by atoms with E-state index in [1.165, 1.54) is 7.11 Å². The molecule has 13 heteroatoms. The number of carbonyl (C=O) groups is 1. The van der Waals surface area contributed by atoms with Crippen LogP contribution in [0.2, 0.25) is 10.0 Å². The average molecular weight is 665 g/mol. The molecule has 0 aliphatic rings. The molecule has 3 aromatic carbocycles. The van der Waals surface area contributed by atoms with Gasteiger partial charge in [0.05, 0.1) is 14.2 Å². The summed E-state index contributed by atoms with van der Waals surface area (Å²) in [5.41, 5.74) is 2.56. The van der Waals surface area contributed by atoms with Gasteiger partial charge in [-0.25, -0.2) is 17.9 Å². The average Bonchev–Trinajstić information content (AvgIpc) is 3.46. The van der Waals surface area contributed by atoms with Crippen molar-refractivity contribution in [1.82, 2.24) is 10.0 Å². The van der Waals surface area contributed by atoms with E-state index in [-0.39, 0.29) is 23.2 Å². The third-order valence-electron chi connectivity index (χ3n) is 6.24. The van der Waals surface area contributed by atoms with Gasteiger partial charge >= 0.3 is 6.03 Å². The molecule has 2 amide bonds. The van der Waals surface area contributed by atoms with Gasteiger partial charge in [0.15, 0.2) is 11.5 Å². The highest BCUT2D eigenvalue weighted by Crippen LogP contribution is 2.42. The third-order valence-corrected chi connectivity index (χ3v) is 9.62. The van der Waals surface area contributed by atoms with Crippen LogP contribution in [0, 0.1) is 0 Å². The maximum Gasteiger partial charge on any atom is 0.319 e. The van der Waals surface area contributed by atoms with Gasteiger partial charge in [-0.05, 0) is 65.4 Å². The molecule has 0 aliphatic heterocycles. The molecule has 0 saturated carbocycles. The summed E-state index contributed by atoms with van der Waals surface area (Å²) < 4.78 is 46.5. The molecular weight excluding hydrogens is 633 g/mol. The van der Waals surface area contributed by atoms with E-state index in [2.05, 4.69) is 29.2 Å². The Labute approximate surface area is 265 Å². The van der Waals surface area contributed by atoms with Crippen molar-refractivity contribution in [3.05, 3.63) is 81.7 Å². The molecule has 1 aromatic heterocycles. The van der Waals surface area contributed by atoms with Gasteiger partial charge in [-0.15, -0.1) is 11.3 Å². The van der Waals surface area contributed by atoms with Gasteiger partial charge in [-0.3, -0.25) is 0 Å².